The quantitative estimate of drug-likeness (QED) is 0.809. The third-order valence-electron chi connectivity index (χ3n) is 3.41. The van der Waals surface area contributed by atoms with Crippen molar-refractivity contribution in [3.05, 3.63) is 36.0 Å². The van der Waals surface area contributed by atoms with E-state index in [1.807, 2.05) is 25.9 Å². The van der Waals surface area contributed by atoms with Gasteiger partial charge in [0.25, 0.3) is 0 Å². The summed E-state index contributed by atoms with van der Waals surface area (Å²) in [4.78, 5) is 14.1. The van der Waals surface area contributed by atoms with E-state index in [0.717, 1.165) is 10.9 Å². The minimum absolute atomic E-state index is 0.212. The number of benzene rings is 1. The van der Waals surface area contributed by atoms with Crippen molar-refractivity contribution in [2.45, 2.75) is 6.92 Å². The Bertz CT molecular complexity index is 745. The lowest BCUT2D eigenvalue weighted by Gasteiger charge is -2.11. The van der Waals surface area contributed by atoms with Gasteiger partial charge < -0.3 is 23.5 Å². The van der Waals surface area contributed by atoms with Crippen molar-refractivity contribution in [1.82, 2.24) is 4.90 Å². The van der Waals surface area contributed by atoms with Crippen molar-refractivity contribution in [1.29, 1.82) is 0 Å². The van der Waals surface area contributed by atoms with Crippen LogP contribution in [0.1, 0.15) is 16.1 Å². The molecule has 22 heavy (non-hydrogen) atoms. The average Bonchev–Trinajstić information content (AvgIpc) is 2.81. The molecule has 0 radical (unpaired) electrons. The van der Waals surface area contributed by atoms with E-state index in [1.165, 1.54) is 12.5 Å². The molecule has 0 atom stereocenters. The summed E-state index contributed by atoms with van der Waals surface area (Å²) in [6.45, 7) is 2.79. The number of hydrogen-bond donors (Lipinski definition) is 0. The average molecular weight is 303 g/mol. The van der Waals surface area contributed by atoms with Crippen molar-refractivity contribution >= 4 is 16.9 Å². The van der Waals surface area contributed by atoms with Gasteiger partial charge in [0.05, 0.1) is 0 Å². The number of fused-ring (bicyclic) bond motifs is 2. The number of hydrogen-bond acceptors (Lipinski definition) is 6. The number of rotatable bonds is 4. The van der Waals surface area contributed by atoms with Crippen LogP contribution in [0.3, 0.4) is 0 Å². The molecule has 0 unspecified atom stereocenters. The maximum Gasteiger partial charge on any atom is 0.374 e. The van der Waals surface area contributed by atoms with Crippen molar-refractivity contribution < 1.29 is 23.4 Å². The molecule has 0 bridgehead atoms. The Kier molecular flexibility index (Phi) is 3.77. The Morgan fingerprint density at radius 3 is 2.55 bits per heavy atom. The molecule has 3 rings (SSSR count). The van der Waals surface area contributed by atoms with E-state index >= 15 is 0 Å². The summed E-state index contributed by atoms with van der Waals surface area (Å²) in [6.07, 6.45) is 2.90. The van der Waals surface area contributed by atoms with Crippen LogP contribution in [0.15, 0.2) is 29.1 Å². The molecule has 0 amide bonds. The second-order valence-corrected chi connectivity index (χ2v) is 5.30. The van der Waals surface area contributed by atoms with Gasteiger partial charge in [-0.15, -0.1) is 0 Å². The highest BCUT2D eigenvalue weighted by molar-refractivity contribution is 5.97. The van der Waals surface area contributed by atoms with Gasteiger partial charge in [-0.25, -0.2) is 4.79 Å². The predicted molar refractivity (Wildman–Crippen MR) is 80.2 cm³/mol. The Labute approximate surface area is 127 Å². The van der Waals surface area contributed by atoms with Crippen LogP contribution in [0.5, 0.6) is 11.5 Å². The lowest BCUT2D eigenvalue weighted by molar-refractivity contribution is 0.0447. The fourth-order valence-corrected chi connectivity index (χ4v) is 2.20. The second kappa shape index (κ2) is 5.73. The maximum absolute atomic E-state index is 12.1. The molecule has 116 valence electrons. The van der Waals surface area contributed by atoms with Crippen LogP contribution >= 0.6 is 0 Å². The minimum Gasteiger partial charge on any atom is -0.458 e. The zero-order valence-electron chi connectivity index (χ0n) is 12.7. The molecule has 2 heterocycles. The van der Waals surface area contributed by atoms with E-state index in [-0.39, 0.29) is 5.76 Å². The van der Waals surface area contributed by atoms with E-state index in [4.69, 9.17) is 18.6 Å². The Balaban J connectivity index is 1.88. The first-order chi connectivity index (χ1) is 10.6. The molecule has 1 aliphatic heterocycles. The fourth-order valence-electron chi connectivity index (χ4n) is 2.20. The molecule has 0 saturated heterocycles. The lowest BCUT2D eigenvalue weighted by Crippen LogP contribution is -2.20. The number of ether oxygens (including phenoxy) is 3. The summed E-state index contributed by atoms with van der Waals surface area (Å²) < 4.78 is 21.6. The molecule has 0 aliphatic carbocycles. The number of carbonyl (C=O) groups is 1. The van der Waals surface area contributed by atoms with Gasteiger partial charge in [0, 0.05) is 23.6 Å². The van der Waals surface area contributed by atoms with Crippen LogP contribution < -0.4 is 9.47 Å². The number of furan rings is 1. The van der Waals surface area contributed by atoms with E-state index in [0.29, 0.717) is 30.2 Å². The van der Waals surface area contributed by atoms with Gasteiger partial charge in [-0.3, -0.25) is 0 Å². The first-order valence-electron chi connectivity index (χ1n) is 6.93. The predicted octanol–water partition coefficient (Wildman–Crippen LogP) is 2.70. The number of aryl methyl sites for hydroxylation is 1. The molecule has 2 aromatic rings. The van der Waals surface area contributed by atoms with Crippen LogP contribution in [0, 0.1) is 6.92 Å². The zero-order chi connectivity index (χ0) is 15.7. The second-order valence-electron chi connectivity index (χ2n) is 5.30. The Morgan fingerprint density at radius 1 is 1.18 bits per heavy atom. The van der Waals surface area contributed by atoms with Gasteiger partial charge in [-0.2, -0.15) is 0 Å². The molecule has 0 fully saturated rings. The molecule has 0 saturated carbocycles. The van der Waals surface area contributed by atoms with E-state index in [1.54, 1.807) is 12.1 Å². The van der Waals surface area contributed by atoms with Crippen molar-refractivity contribution in [2.75, 3.05) is 27.2 Å². The summed E-state index contributed by atoms with van der Waals surface area (Å²) in [5, 5.41) is 0.803. The topological polar surface area (TPSA) is 61.1 Å². The van der Waals surface area contributed by atoms with Gasteiger partial charge in [-0.05, 0) is 27.1 Å². The van der Waals surface area contributed by atoms with Crippen molar-refractivity contribution in [3.8, 4) is 11.5 Å². The smallest absolute Gasteiger partial charge is 0.374 e. The molecule has 1 aromatic carbocycles. The molecule has 1 aromatic heterocycles. The first kappa shape index (κ1) is 14.5. The van der Waals surface area contributed by atoms with Crippen LogP contribution in [-0.2, 0) is 4.74 Å². The standard InChI is InChI=1S/C16H17NO5/c1-10-11-8-13-14(20-7-6-19-13)9-12(11)22-15(10)16(18)21-5-4-17(2)3/h6-9H,4-5H2,1-3H3. The Hall–Kier alpha value is -2.47. The number of carbonyl (C=O) groups excluding carboxylic acids is 1. The normalized spacial score (nSPS) is 12.9. The fraction of sp³-hybridized carbons (Fsp3) is 0.312. The van der Waals surface area contributed by atoms with Gasteiger partial charge >= 0.3 is 5.97 Å². The molecule has 1 aliphatic rings. The zero-order valence-corrected chi connectivity index (χ0v) is 12.7. The third-order valence-corrected chi connectivity index (χ3v) is 3.41. The van der Waals surface area contributed by atoms with Gasteiger partial charge in [0.15, 0.2) is 11.5 Å². The summed E-state index contributed by atoms with van der Waals surface area (Å²) in [5.41, 5.74) is 1.29. The van der Waals surface area contributed by atoms with Crippen molar-refractivity contribution in [3.63, 3.8) is 0 Å². The monoisotopic (exact) mass is 303 g/mol. The number of nitrogens with zero attached hydrogens (tertiary/aromatic N) is 1. The van der Waals surface area contributed by atoms with Crippen LogP contribution in [0.4, 0.5) is 0 Å². The van der Waals surface area contributed by atoms with Gasteiger partial charge in [0.2, 0.25) is 5.76 Å². The maximum atomic E-state index is 12.1. The highest BCUT2D eigenvalue weighted by Crippen LogP contribution is 2.38. The highest BCUT2D eigenvalue weighted by atomic mass is 16.6. The highest BCUT2D eigenvalue weighted by Gasteiger charge is 2.21. The minimum atomic E-state index is -0.464. The van der Waals surface area contributed by atoms with Crippen LogP contribution in [0.25, 0.3) is 11.0 Å². The molecular weight excluding hydrogens is 286 g/mol. The largest absolute Gasteiger partial charge is 0.458 e. The number of esters is 1. The third kappa shape index (κ3) is 2.65. The van der Waals surface area contributed by atoms with Crippen LogP contribution in [-0.4, -0.2) is 38.1 Å². The molecule has 6 nitrogen and oxygen atoms in total. The molecular formula is C16H17NO5. The van der Waals surface area contributed by atoms with Gasteiger partial charge in [0.1, 0.15) is 24.7 Å². The summed E-state index contributed by atoms with van der Waals surface area (Å²) in [7, 11) is 3.83. The van der Waals surface area contributed by atoms with Gasteiger partial charge in [-0.1, -0.05) is 0 Å². The van der Waals surface area contributed by atoms with E-state index < -0.39 is 5.97 Å². The summed E-state index contributed by atoms with van der Waals surface area (Å²) in [6, 6.07) is 3.50. The summed E-state index contributed by atoms with van der Waals surface area (Å²) >= 11 is 0. The molecule has 0 spiro atoms. The van der Waals surface area contributed by atoms with E-state index in [2.05, 4.69) is 0 Å². The molecule has 6 heteroatoms. The lowest BCUT2D eigenvalue weighted by atomic mass is 10.1. The van der Waals surface area contributed by atoms with Crippen LogP contribution in [0.2, 0.25) is 0 Å². The Morgan fingerprint density at radius 2 is 1.86 bits per heavy atom. The SMILES string of the molecule is Cc1c(C(=O)OCCN(C)C)oc2cc3c(cc12)OC=CO3. The number of likely N-dealkylation sites (N-methyl/N-ethyl adjacent to an activating group) is 1. The van der Waals surface area contributed by atoms with Crippen molar-refractivity contribution in [2.24, 2.45) is 0 Å². The first-order valence-corrected chi connectivity index (χ1v) is 6.93. The van der Waals surface area contributed by atoms with E-state index in [9.17, 15) is 4.79 Å². The summed E-state index contributed by atoms with van der Waals surface area (Å²) in [5.74, 6) is 0.889. The molecule has 0 N–H and O–H groups in total.